The highest BCUT2D eigenvalue weighted by Crippen LogP contribution is 2.23. The number of hydrogen-bond acceptors (Lipinski definition) is 5. The van der Waals surface area contributed by atoms with Crippen molar-refractivity contribution in [1.29, 1.82) is 0 Å². The summed E-state index contributed by atoms with van der Waals surface area (Å²) >= 11 is 9.74. The number of imidazole rings is 1. The normalized spacial score (nSPS) is 11.2. The number of fused-ring (bicyclic) bond motifs is 3. The minimum atomic E-state index is -0.290. The van der Waals surface area contributed by atoms with Crippen molar-refractivity contribution in [2.45, 2.75) is 0 Å². The molecule has 142 valence electrons. The molecule has 3 aromatic heterocycles. The van der Waals surface area contributed by atoms with Crippen molar-refractivity contribution < 1.29 is 0 Å². The molecule has 29 heavy (non-hydrogen) atoms. The molecule has 0 fully saturated rings. The first kappa shape index (κ1) is 17.8. The lowest BCUT2D eigenvalue weighted by Gasteiger charge is -2.12. The van der Waals surface area contributed by atoms with Crippen LogP contribution in [0.15, 0.2) is 76.4 Å². The van der Waals surface area contributed by atoms with Gasteiger partial charge in [-0.2, -0.15) is 4.98 Å². The minimum absolute atomic E-state index is 0.290. The predicted molar refractivity (Wildman–Crippen MR) is 116 cm³/mol. The molecule has 0 radical (unpaired) electrons. The molecule has 0 aliphatic heterocycles. The standard InChI is InChI=1S/C20H12BrClN6O/c21-12-5-7-13(8-6-12)25-19-24-11-14-17(26-19)27-10-9-23-20(27)28(18(14)29)16-4-2-1-3-15(16)22/h1-11H,(H,24,25,26). The largest absolute Gasteiger partial charge is 0.324 e. The van der Waals surface area contributed by atoms with Crippen LogP contribution in [0.4, 0.5) is 11.6 Å². The maximum atomic E-state index is 13.2. The molecule has 0 aliphatic carbocycles. The monoisotopic (exact) mass is 466 g/mol. The Bertz CT molecular complexity index is 1430. The summed E-state index contributed by atoms with van der Waals surface area (Å²) < 4.78 is 4.19. The minimum Gasteiger partial charge on any atom is -0.324 e. The van der Waals surface area contributed by atoms with Crippen molar-refractivity contribution in [2.24, 2.45) is 0 Å². The molecule has 1 N–H and O–H groups in total. The molecule has 7 nitrogen and oxygen atoms in total. The molecule has 0 bridgehead atoms. The first-order valence-corrected chi connectivity index (χ1v) is 9.81. The number of benzene rings is 2. The highest BCUT2D eigenvalue weighted by atomic mass is 79.9. The van der Waals surface area contributed by atoms with Gasteiger partial charge in [-0.05, 0) is 36.4 Å². The molecule has 0 atom stereocenters. The summed E-state index contributed by atoms with van der Waals surface area (Å²) in [6.45, 7) is 0. The summed E-state index contributed by atoms with van der Waals surface area (Å²) in [7, 11) is 0. The molecular formula is C20H12BrClN6O. The molecule has 3 heterocycles. The van der Waals surface area contributed by atoms with Gasteiger partial charge in [0.2, 0.25) is 11.7 Å². The van der Waals surface area contributed by atoms with Crippen molar-refractivity contribution >= 4 is 56.0 Å². The molecule has 9 heteroatoms. The van der Waals surface area contributed by atoms with Crippen molar-refractivity contribution in [3.05, 3.63) is 87.0 Å². The molecular weight excluding hydrogens is 456 g/mol. The van der Waals surface area contributed by atoms with Crippen LogP contribution in [0, 0.1) is 0 Å². The van der Waals surface area contributed by atoms with Crippen LogP contribution in [-0.2, 0) is 0 Å². The van der Waals surface area contributed by atoms with Crippen molar-refractivity contribution in [3.63, 3.8) is 0 Å². The Morgan fingerprint density at radius 3 is 2.62 bits per heavy atom. The van der Waals surface area contributed by atoms with E-state index >= 15 is 0 Å². The van der Waals surface area contributed by atoms with Gasteiger partial charge in [0.05, 0.1) is 10.7 Å². The Morgan fingerprint density at radius 2 is 1.83 bits per heavy atom. The highest BCUT2D eigenvalue weighted by molar-refractivity contribution is 9.10. The van der Waals surface area contributed by atoms with Crippen molar-refractivity contribution in [2.75, 3.05) is 5.32 Å². The SMILES string of the molecule is O=c1c2cnc(Nc3ccc(Br)cc3)nc2n2ccnc2n1-c1ccccc1Cl. The molecule has 0 spiro atoms. The summed E-state index contributed by atoms with van der Waals surface area (Å²) in [6.07, 6.45) is 4.88. The summed E-state index contributed by atoms with van der Waals surface area (Å²) in [6, 6.07) is 14.8. The maximum Gasteiger partial charge on any atom is 0.270 e. The highest BCUT2D eigenvalue weighted by Gasteiger charge is 2.17. The zero-order valence-electron chi connectivity index (χ0n) is 14.8. The third-order valence-electron chi connectivity index (χ3n) is 4.45. The van der Waals surface area contributed by atoms with E-state index in [9.17, 15) is 4.79 Å². The number of halogens is 2. The number of para-hydroxylation sites is 1. The van der Waals surface area contributed by atoms with E-state index in [0.29, 0.717) is 33.5 Å². The number of nitrogens with zero attached hydrogens (tertiary/aromatic N) is 5. The van der Waals surface area contributed by atoms with Crippen molar-refractivity contribution in [1.82, 2.24) is 23.9 Å². The average molecular weight is 468 g/mol. The van der Waals surface area contributed by atoms with Crippen LogP contribution in [0.5, 0.6) is 0 Å². The molecule has 5 aromatic rings. The first-order chi connectivity index (χ1) is 14.1. The van der Waals surface area contributed by atoms with E-state index in [0.717, 1.165) is 10.2 Å². The number of rotatable bonds is 3. The van der Waals surface area contributed by atoms with E-state index < -0.39 is 0 Å². The smallest absolute Gasteiger partial charge is 0.270 e. The van der Waals surface area contributed by atoms with Gasteiger partial charge in [0, 0.05) is 28.8 Å². The Hall–Kier alpha value is -3.23. The Labute approximate surface area is 177 Å². The quantitative estimate of drug-likeness (QED) is 0.420. The van der Waals surface area contributed by atoms with Gasteiger partial charge < -0.3 is 5.32 Å². The van der Waals surface area contributed by atoms with Gasteiger partial charge in [-0.25, -0.2) is 14.5 Å². The van der Waals surface area contributed by atoms with E-state index in [4.69, 9.17) is 11.6 Å². The fourth-order valence-electron chi connectivity index (χ4n) is 3.12. The van der Waals surface area contributed by atoms with Gasteiger partial charge in [-0.3, -0.25) is 9.20 Å². The zero-order chi connectivity index (χ0) is 20.0. The Kier molecular flexibility index (Phi) is 4.30. The molecule has 0 aliphatic rings. The van der Waals surface area contributed by atoms with Gasteiger partial charge in [0.15, 0.2) is 5.65 Å². The van der Waals surface area contributed by atoms with Crippen molar-refractivity contribution in [3.8, 4) is 5.69 Å². The summed E-state index contributed by atoms with van der Waals surface area (Å²) in [5.41, 5.74) is 1.55. The fraction of sp³-hybridized carbons (Fsp3) is 0. The predicted octanol–water partition coefficient (Wildman–Crippen LogP) is 4.59. The second-order valence-electron chi connectivity index (χ2n) is 6.25. The lowest BCUT2D eigenvalue weighted by Crippen LogP contribution is -2.22. The van der Waals surface area contributed by atoms with Gasteiger partial charge in [-0.1, -0.05) is 39.7 Å². The van der Waals surface area contributed by atoms with Crippen LogP contribution in [0.2, 0.25) is 5.02 Å². The molecule has 0 saturated heterocycles. The molecule has 2 aromatic carbocycles. The third kappa shape index (κ3) is 3.06. The van der Waals surface area contributed by atoms with E-state index in [1.165, 1.54) is 10.8 Å². The summed E-state index contributed by atoms with van der Waals surface area (Å²) in [5, 5.41) is 3.96. The maximum absolute atomic E-state index is 13.2. The second kappa shape index (κ2) is 6.98. The van der Waals surface area contributed by atoms with Gasteiger partial charge in [-0.15, -0.1) is 0 Å². The van der Waals surface area contributed by atoms with E-state index in [2.05, 4.69) is 36.2 Å². The number of anilines is 2. The fourth-order valence-corrected chi connectivity index (χ4v) is 3.60. The lowest BCUT2D eigenvalue weighted by atomic mass is 10.3. The summed E-state index contributed by atoms with van der Waals surface area (Å²) in [4.78, 5) is 26.5. The Balaban J connectivity index is 1.72. The molecule has 0 amide bonds. The average Bonchev–Trinajstić information content (AvgIpc) is 3.21. The number of aromatic nitrogens is 5. The zero-order valence-corrected chi connectivity index (χ0v) is 17.1. The van der Waals surface area contributed by atoms with Crippen LogP contribution < -0.4 is 10.9 Å². The lowest BCUT2D eigenvalue weighted by molar-refractivity contribution is 0.961. The number of hydrogen-bond donors (Lipinski definition) is 1. The van der Waals surface area contributed by atoms with E-state index in [1.54, 1.807) is 28.9 Å². The first-order valence-electron chi connectivity index (χ1n) is 8.64. The summed E-state index contributed by atoms with van der Waals surface area (Å²) in [5.74, 6) is 0.800. The molecule has 0 unspecified atom stereocenters. The van der Waals surface area contributed by atoms with Gasteiger partial charge in [0.25, 0.3) is 5.56 Å². The second-order valence-corrected chi connectivity index (χ2v) is 7.57. The number of nitrogens with one attached hydrogen (secondary N) is 1. The topological polar surface area (TPSA) is 77.1 Å². The third-order valence-corrected chi connectivity index (χ3v) is 5.29. The van der Waals surface area contributed by atoms with Crippen LogP contribution in [0.3, 0.4) is 0 Å². The van der Waals surface area contributed by atoms with E-state index in [-0.39, 0.29) is 5.56 Å². The van der Waals surface area contributed by atoms with E-state index in [1.807, 2.05) is 36.4 Å². The Morgan fingerprint density at radius 1 is 1.03 bits per heavy atom. The van der Waals surface area contributed by atoms with Crippen LogP contribution in [0.1, 0.15) is 0 Å². The van der Waals surface area contributed by atoms with Gasteiger partial charge >= 0.3 is 0 Å². The van der Waals surface area contributed by atoms with Crippen LogP contribution >= 0.6 is 27.5 Å². The molecule has 5 rings (SSSR count). The van der Waals surface area contributed by atoms with Crippen LogP contribution in [0.25, 0.3) is 22.5 Å². The van der Waals surface area contributed by atoms with Gasteiger partial charge in [0.1, 0.15) is 5.39 Å². The molecule has 0 saturated carbocycles. The van der Waals surface area contributed by atoms with Crippen LogP contribution in [-0.4, -0.2) is 23.9 Å².